The second-order valence-corrected chi connectivity index (χ2v) is 6.89. The van der Waals surface area contributed by atoms with E-state index in [0.717, 1.165) is 17.3 Å². The summed E-state index contributed by atoms with van der Waals surface area (Å²) in [4.78, 5) is 43.5. The van der Waals surface area contributed by atoms with E-state index < -0.39 is 11.8 Å². The van der Waals surface area contributed by atoms with Gasteiger partial charge in [-0.25, -0.2) is 0 Å². The molecule has 0 spiro atoms. The average Bonchev–Trinajstić information content (AvgIpc) is 3.36. The van der Waals surface area contributed by atoms with Crippen LogP contribution in [0.2, 0.25) is 0 Å². The second-order valence-electron chi connectivity index (χ2n) is 6.89. The van der Waals surface area contributed by atoms with Crippen molar-refractivity contribution >= 4 is 28.6 Å². The first kappa shape index (κ1) is 17.5. The van der Waals surface area contributed by atoms with Gasteiger partial charge in [0, 0.05) is 43.7 Å². The third kappa shape index (κ3) is 3.66. The Bertz CT molecular complexity index is 830. The molecule has 142 valence electrons. The van der Waals surface area contributed by atoms with Gasteiger partial charge in [-0.15, -0.1) is 0 Å². The fraction of sp³-hybridized carbons (Fsp3) is 0.421. The quantitative estimate of drug-likeness (QED) is 0.746. The van der Waals surface area contributed by atoms with E-state index in [2.05, 4.69) is 10.3 Å². The highest BCUT2D eigenvalue weighted by Gasteiger charge is 2.30. The van der Waals surface area contributed by atoms with Gasteiger partial charge in [0.05, 0.1) is 12.6 Å². The molecule has 2 aliphatic rings. The van der Waals surface area contributed by atoms with Crippen molar-refractivity contribution in [2.24, 2.45) is 0 Å². The summed E-state index contributed by atoms with van der Waals surface area (Å²) >= 11 is 0. The molecule has 0 radical (unpaired) electrons. The summed E-state index contributed by atoms with van der Waals surface area (Å²) in [5.74, 6) is -1.23. The second kappa shape index (κ2) is 7.40. The molecule has 3 amide bonds. The Morgan fingerprint density at radius 3 is 2.52 bits per heavy atom. The number of rotatable bonds is 2. The van der Waals surface area contributed by atoms with E-state index in [0.29, 0.717) is 45.1 Å². The van der Waals surface area contributed by atoms with E-state index in [-0.39, 0.29) is 11.9 Å². The molecule has 3 heterocycles. The maximum Gasteiger partial charge on any atom is 0.312 e. The molecule has 8 nitrogen and oxygen atoms in total. The van der Waals surface area contributed by atoms with Gasteiger partial charge in [-0.2, -0.15) is 0 Å². The third-order valence-electron chi connectivity index (χ3n) is 5.07. The zero-order valence-electron chi connectivity index (χ0n) is 14.9. The Morgan fingerprint density at radius 2 is 1.81 bits per heavy atom. The molecule has 0 bridgehead atoms. The van der Waals surface area contributed by atoms with Crippen LogP contribution in [0.25, 0.3) is 10.9 Å². The Labute approximate surface area is 156 Å². The van der Waals surface area contributed by atoms with Gasteiger partial charge in [0.2, 0.25) is 0 Å². The molecule has 1 aromatic heterocycles. The molecule has 0 aliphatic carbocycles. The van der Waals surface area contributed by atoms with Gasteiger partial charge in [0.15, 0.2) is 0 Å². The number of piperazine rings is 1. The van der Waals surface area contributed by atoms with Gasteiger partial charge in [-0.05, 0) is 18.6 Å². The maximum atomic E-state index is 12.7. The number of benzene rings is 1. The molecule has 1 unspecified atom stereocenters. The van der Waals surface area contributed by atoms with E-state index >= 15 is 0 Å². The number of para-hydroxylation sites is 1. The summed E-state index contributed by atoms with van der Waals surface area (Å²) in [6, 6.07) is 9.47. The smallest absolute Gasteiger partial charge is 0.312 e. The first-order valence-corrected chi connectivity index (χ1v) is 9.16. The van der Waals surface area contributed by atoms with Crippen molar-refractivity contribution in [1.29, 1.82) is 0 Å². The molecule has 2 saturated heterocycles. The molecule has 4 rings (SSSR count). The monoisotopic (exact) mass is 370 g/mol. The molecule has 0 saturated carbocycles. The number of hydrogen-bond donors (Lipinski definition) is 2. The van der Waals surface area contributed by atoms with Crippen LogP contribution < -0.4 is 5.32 Å². The minimum atomic E-state index is -0.596. The maximum absolute atomic E-state index is 12.7. The lowest BCUT2D eigenvalue weighted by Gasteiger charge is -2.34. The van der Waals surface area contributed by atoms with Crippen molar-refractivity contribution in [3.63, 3.8) is 0 Å². The van der Waals surface area contributed by atoms with Crippen molar-refractivity contribution in [3.05, 3.63) is 36.0 Å². The van der Waals surface area contributed by atoms with Gasteiger partial charge in [0.1, 0.15) is 5.69 Å². The van der Waals surface area contributed by atoms with Gasteiger partial charge in [-0.1, -0.05) is 18.2 Å². The number of amides is 3. The van der Waals surface area contributed by atoms with Crippen LogP contribution in [-0.2, 0) is 14.3 Å². The molecule has 2 N–H and O–H groups in total. The third-order valence-corrected chi connectivity index (χ3v) is 5.07. The van der Waals surface area contributed by atoms with Gasteiger partial charge < -0.3 is 24.8 Å². The fourth-order valence-corrected chi connectivity index (χ4v) is 3.51. The Hall–Kier alpha value is -2.87. The van der Waals surface area contributed by atoms with Gasteiger partial charge in [0.25, 0.3) is 5.91 Å². The van der Waals surface area contributed by atoms with Crippen LogP contribution >= 0.6 is 0 Å². The van der Waals surface area contributed by atoms with Gasteiger partial charge in [-0.3, -0.25) is 14.4 Å². The minimum Gasteiger partial charge on any atom is -0.379 e. The van der Waals surface area contributed by atoms with E-state index in [1.54, 1.807) is 4.90 Å². The van der Waals surface area contributed by atoms with Crippen molar-refractivity contribution in [1.82, 2.24) is 20.1 Å². The lowest BCUT2D eigenvalue weighted by Crippen LogP contribution is -2.54. The summed E-state index contributed by atoms with van der Waals surface area (Å²) in [7, 11) is 0. The number of nitrogens with zero attached hydrogens (tertiary/aromatic N) is 2. The number of fused-ring (bicyclic) bond motifs is 1. The van der Waals surface area contributed by atoms with Crippen molar-refractivity contribution in [3.8, 4) is 0 Å². The van der Waals surface area contributed by atoms with E-state index in [1.807, 2.05) is 30.3 Å². The number of aromatic amines is 1. The zero-order valence-corrected chi connectivity index (χ0v) is 14.9. The SMILES string of the molecule is O=C(NC1CCOC1)C(=O)N1CCN(C(=O)c2cc3ccccc3[nH]2)CC1. The zero-order chi connectivity index (χ0) is 18.8. The predicted molar refractivity (Wildman–Crippen MR) is 98.1 cm³/mol. The normalized spacial score (nSPS) is 20.1. The highest BCUT2D eigenvalue weighted by Crippen LogP contribution is 2.17. The number of carbonyl (C=O) groups is 3. The summed E-state index contributed by atoms with van der Waals surface area (Å²) in [6.07, 6.45) is 0.728. The standard InChI is InChI=1S/C19H22N4O4/c24-17(20-14-5-10-27-12-14)19(26)23-8-6-22(7-9-23)18(25)16-11-13-3-1-2-4-15(13)21-16/h1-4,11,14,21H,5-10,12H2,(H,20,24). The summed E-state index contributed by atoms with van der Waals surface area (Å²) in [5.41, 5.74) is 1.46. The van der Waals surface area contributed by atoms with E-state index in [4.69, 9.17) is 4.74 Å². The summed E-state index contributed by atoms with van der Waals surface area (Å²) in [6.45, 7) is 2.55. The van der Waals surface area contributed by atoms with E-state index in [1.165, 1.54) is 4.90 Å². The molecule has 8 heteroatoms. The number of ether oxygens (including phenoxy) is 1. The Kier molecular flexibility index (Phi) is 4.81. The van der Waals surface area contributed by atoms with Gasteiger partial charge >= 0.3 is 11.8 Å². The number of aromatic nitrogens is 1. The number of carbonyl (C=O) groups excluding carboxylic acids is 3. The van der Waals surface area contributed by atoms with Crippen LogP contribution in [0.1, 0.15) is 16.9 Å². The van der Waals surface area contributed by atoms with Crippen molar-refractivity contribution in [2.75, 3.05) is 39.4 Å². The number of H-pyrrole nitrogens is 1. The topological polar surface area (TPSA) is 94.7 Å². The predicted octanol–water partition coefficient (Wildman–Crippen LogP) is 0.357. The Morgan fingerprint density at radius 1 is 1.07 bits per heavy atom. The van der Waals surface area contributed by atoms with Crippen LogP contribution in [0.15, 0.2) is 30.3 Å². The molecule has 2 aromatic rings. The molecule has 27 heavy (non-hydrogen) atoms. The fourth-order valence-electron chi connectivity index (χ4n) is 3.51. The van der Waals surface area contributed by atoms with Crippen LogP contribution in [0.3, 0.4) is 0 Å². The summed E-state index contributed by atoms with van der Waals surface area (Å²) < 4.78 is 5.20. The van der Waals surface area contributed by atoms with Crippen LogP contribution in [0.4, 0.5) is 0 Å². The molecular formula is C19H22N4O4. The molecule has 1 atom stereocenters. The lowest BCUT2D eigenvalue weighted by atomic mass is 10.2. The Balaban J connectivity index is 1.33. The largest absolute Gasteiger partial charge is 0.379 e. The highest BCUT2D eigenvalue weighted by molar-refractivity contribution is 6.35. The number of nitrogens with one attached hydrogen (secondary N) is 2. The molecule has 2 fully saturated rings. The van der Waals surface area contributed by atoms with Crippen LogP contribution in [-0.4, -0.2) is 77.9 Å². The average molecular weight is 370 g/mol. The minimum absolute atomic E-state index is 0.0914. The molecule has 1 aromatic carbocycles. The van der Waals surface area contributed by atoms with Crippen molar-refractivity contribution < 1.29 is 19.1 Å². The summed E-state index contributed by atoms with van der Waals surface area (Å²) in [5, 5.41) is 3.70. The highest BCUT2D eigenvalue weighted by atomic mass is 16.5. The van der Waals surface area contributed by atoms with Crippen molar-refractivity contribution in [2.45, 2.75) is 12.5 Å². The van der Waals surface area contributed by atoms with E-state index in [9.17, 15) is 14.4 Å². The molecular weight excluding hydrogens is 348 g/mol. The first-order chi connectivity index (χ1) is 13.1. The lowest BCUT2D eigenvalue weighted by molar-refractivity contribution is -0.147. The number of hydrogen-bond acceptors (Lipinski definition) is 4. The molecule has 2 aliphatic heterocycles. The van der Waals surface area contributed by atoms with Crippen LogP contribution in [0, 0.1) is 0 Å². The van der Waals surface area contributed by atoms with Crippen LogP contribution in [0.5, 0.6) is 0 Å². The first-order valence-electron chi connectivity index (χ1n) is 9.16.